The van der Waals surface area contributed by atoms with E-state index >= 15 is 0 Å². The number of aromatic nitrogens is 2. The van der Waals surface area contributed by atoms with Crippen LogP contribution in [0, 0.1) is 17.1 Å². The minimum absolute atomic E-state index is 0.0164. The minimum Gasteiger partial charge on any atom is -0.311 e. The van der Waals surface area contributed by atoms with Gasteiger partial charge in [-0.1, -0.05) is 55.9 Å². The van der Waals surface area contributed by atoms with E-state index in [2.05, 4.69) is 19.9 Å². The first-order valence-electron chi connectivity index (χ1n) is 11.6. The van der Waals surface area contributed by atoms with Crippen molar-refractivity contribution in [2.24, 2.45) is 0 Å². The fourth-order valence-corrected chi connectivity index (χ4v) is 4.87. The molecule has 0 unspecified atom stereocenters. The van der Waals surface area contributed by atoms with E-state index in [0.717, 1.165) is 23.0 Å². The second kappa shape index (κ2) is 11.2. The third-order valence-corrected chi connectivity index (χ3v) is 6.68. The first-order chi connectivity index (χ1) is 17.4. The second-order valence-corrected chi connectivity index (χ2v) is 9.43. The number of thioether (sulfide) groups is 1. The highest BCUT2D eigenvalue weighted by molar-refractivity contribution is 7.99. The largest absolute Gasteiger partial charge is 0.311 e. The maximum absolute atomic E-state index is 13.6. The summed E-state index contributed by atoms with van der Waals surface area (Å²) in [5.41, 5.74) is 2.57. The van der Waals surface area contributed by atoms with Crippen LogP contribution >= 0.6 is 11.8 Å². The molecule has 0 aliphatic rings. The highest BCUT2D eigenvalue weighted by Crippen LogP contribution is 2.28. The summed E-state index contributed by atoms with van der Waals surface area (Å²) in [5.74, 6) is -0.529. The van der Waals surface area contributed by atoms with Gasteiger partial charge in [0.05, 0.1) is 34.8 Å². The van der Waals surface area contributed by atoms with E-state index in [1.54, 1.807) is 22.8 Å². The van der Waals surface area contributed by atoms with Crippen LogP contribution in [-0.4, -0.2) is 27.8 Å². The number of halogens is 1. The first kappa shape index (κ1) is 25.1. The highest BCUT2D eigenvalue weighted by Gasteiger charge is 2.20. The number of benzene rings is 3. The van der Waals surface area contributed by atoms with E-state index in [1.165, 1.54) is 29.2 Å². The molecule has 4 rings (SSSR count). The molecule has 1 amide bonds. The van der Waals surface area contributed by atoms with Crippen LogP contribution in [0.2, 0.25) is 0 Å². The van der Waals surface area contributed by atoms with Crippen molar-refractivity contribution in [2.75, 3.05) is 17.2 Å². The maximum Gasteiger partial charge on any atom is 0.266 e. The molecule has 4 aromatic rings. The molecule has 0 atom stereocenters. The van der Waals surface area contributed by atoms with Gasteiger partial charge in [0.2, 0.25) is 5.91 Å². The third kappa shape index (κ3) is 5.31. The molecular weight excluding hydrogens is 475 g/mol. The maximum atomic E-state index is 13.6. The van der Waals surface area contributed by atoms with Gasteiger partial charge in [0.15, 0.2) is 5.16 Å². The summed E-state index contributed by atoms with van der Waals surface area (Å²) in [6.45, 7) is 4.30. The third-order valence-electron chi connectivity index (χ3n) is 5.76. The van der Waals surface area contributed by atoms with Crippen molar-refractivity contribution in [3.63, 3.8) is 0 Å². The Hall–Kier alpha value is -3.96. The average molecular weight is 501 g/mol. The van der Waals surface area contributed by atoms with Gasteiger partial charge in [-0.2, -0.15) is 5.26 Å². The van der Waals surface area contributed by atoms with E-state index in [9.17, 15) is 14.0 Å². The van der Waals surface area contributed by atoms with Crippen molar-refractivity contribution in [3.8, 4) is 11.8 Å². The van der Waals surface area contributed by atoms with Crippen molar-refractivity contribution >= 4 is 34.3 Å². The molecule has 1 aromatic heterocycles. The molecule has 6 nitrogen and oxygen atoms in total. The number of carbonyl (C=O) groups is 1. The molecule has 1 heterocycles. The molecule has 0 bridgehead atoms. The number of nitriles is 1. The van der Waals surface area contributed by atoms with Gasteiger partial charge in [0, 0.05) is 12.2 Å². The van der Waals surface area contributed by atoms with Crippen molar-refractivity contribution in [2.45, 2.75) is 31.3 Å². The summed E-state index contributed by atoms with van der Waals surface area (Å²) >= 11 is 1.16. The number of para-hydroxylation sites is 2. The van der Waals surface area contributed by atoms with E-state index in [4.69, 9.17) is 10.2 Å². The van der Waals surface area contributed by atoms with Gasteiger partial charge in [-0.25, -0.2) is 9.37 Å². The molecule has 0 aliphatic carbocycles. The van der Waals surface area contributed by atoms with Crippen LogP contribution in [0.4, 0.5) is 10.1 Å². The predicted octanol–water partition coefficient (Wildman–Crippen LogP) is 5.69. The quantitative estimate of drug-likeness (QED) is 0.229. The zero-order chi connectivity index (χ0) is 25.7. The molecule has 8 heteroatoms. The molecule has 0 saturated carbocycles. The van der Waals surface area contributed by atoms with Gasteiger partial charge in [-0.3, -0.25) is 14.2 Å². The fraction of sp³-hybridized carbons (Fsp3) is 0.214. The summed E-state index contributed by atoms with van der Waals surface area (Å²) < 4.78 is 15.0. The number of amides is 1. The monoisotopic (exact) mass is 500 g/mol. The topological polar surface area (TPSA) is 79.0 Å². The molecule has 0 spiro atoms. The van der Waals surface area contributed by atoms with Gasteiger partial charge in [-0.15, -0.1) is 0 Å². The van der Waals surface area contributed by atoms with Crippen LogP contribution in [-0.2, 0) is 4.79 Å². The molecule has 0 aliphatic heterocycles. The fourth-order valence-electron chi connectivity index (χ4n) is 3.99. The zero-order valence-corrected chi connectivity index (χ0v) is 20.8. The molecular formula is C28H25FN4O2S. The van der Waals surface area contributed by atoms with Crippen LogP contribution in [0.15, 0.2) is 82.7 Å². The summed E-state index contributed by atoms with van der Waals surface area (Å²) in [6, 6.07) is 22.5. The lowest BCUT2D eigenvalue weighted by atomic mass is 10.0. The lowest BCUT2D eigenvalue weighted by Crippen LogP contribution is -2.33. The van der Waals surface area contributed by atoms with Crippen LogP contribution < -0.4 is 10.5 Å². The Balaban J connectivity index is 1.74. The predicted molar refractivity (Wildman–Crippen MR) is 141 cm³/mol. The molecule has 0 saturated heterocycles. The number of carbonyl (C=O) groups excluding carboxylic acids is 1. The Morgan fingerprint density at radius 3 is 2.50 bits per heavy atom. The van der Waals surface area contributed by atoms with E-state index < -0.39 is 5.82 Å². The Morgan fingerprint density at radius 1 is 1.08 bits per heavy atom. The zero-order valence-electron chi connectivity index (χ0n) is 20.0. The highest BCUT2D eigenvalue weighted by atomic mass is 32.2. The number of hydrogen-bond acceptors (Lipinski definition) is 5. The van der Waals surface area contributed by atoms with Crippen LogP contribution in [0.1, 0.15) is 31.7 Å². The second-order valence-electron chi connectivity index (χ2n) is 8.48. The summed E-state index contributed by atoms with van der Waals surface area (Å²) in [7, 11) is 0. The summed E-state index contributed by atoms with van der Waals surface area (Å²) in [5, 5.41) is 9.96. The Morgan fingerprint density at radius 2 is 1.78 bits per heavy atom. The molecule has 182 valence electrons. The number of nitrogens with zero attached hydrogens (tertiary/aromatic N) is 4. The van der Waals surface area contributed by atoms with Gasteiger partial charge in [-0.05, 0) is 53.9 Å². The van der Waals surface area contributed by atoms with Crippen LogP contribution in [0.5, 0.6) is 0 Å². The smallest absolute Gasteiger partial charge is 0.266 e. The normalized spacial score (nSPS) is 11.0. The van der Waals surface area contributed by atoms with E-state index in [1.807, 2.05) is 30.3 Å². The minimum atomic E-state index is -0.408. The Labute approximate surface area is 213 Å². The Bertz CT molecular complexity index is 1490. The molecule has 36 heavy (non-hydrogen) atoms. The summed E-state index contributed by atoms with van der Waals surface area (Å²) in [6.07, 6.45) is 0.133. The lowest BCUT2D eigenvalue weighted by molar-refractivity contribution is -0.116. The van der Waals surface area contributed by atoms with E-state index in [-0.39, 0.29) is 36.1 Å². The van der Waals surface area contributed by atoms with Gasteiger partial charge in [0.25, 0.3) is 5.56 Å². The van der Waals surface area contributed by atoms with Gasteiger partial charge < -0.3 is 4.90 Å². The van der Waals surface area contributed by atoms with Crippen LogP contribution in [0.3, 0.4) is 0 Å². The molecule has 0 radical (unpaired) electrons. The Kier molecular flexibility index (Phi) is 7.81. The lowest BCUT2D eigenvalue weighted by Gasteiger charge is -2.22. The number of hydrogen-bond donors (Lipinski definition) is 0. The van der Waals surface area contributed by atoms with Gasteiger partial charge in [0.1, 0.15) is 5.82 Å². The van der Waals surface area contributed by atoms with Crippen molar-refractivity contribution in [3.05, 3.63) is 94.5 Å². The SMILES string of the molecule is CC(C)c1ccccc1-n1c(SCC(=O)N(CCC#N)c2ccc(F)cc2)nc2ccccc2c1=O. The standard InChI is InChI=1S/C28H25FN4O2S/c1-19(2)22-8-4-6-11-25(22)33-27(35)23-9-3-5-10-24(23)31-28(33)36-18-26(34)32(17-7-16-30)21-14-12-20(29)13-15-21/h3-6,8-15,19H,7,17-18H2,1-2H3. The molecule has 3 aromatic carbocycles. The molecule has 0 N–H and O–H groups in total. The first-order valence-corrected chi connectivity index (χ1v) is 12.6. The summed E-state index contributed by atoms with van der Waals surface area (Å²) in [4.78, 5) is 33.1. The number of fused-ring (bicyclic) bond motifs is 1. The van der Waals surface area contributed by atoms with E-state index in [0.29, 0.717) is 21.7 Å². The van der Waals surface area contributed by atoms with Crippen molar-refractivity contribution in [1.82, 2.24) is 9.55 Å². The average Bonchev–Trinajstić information content (AvgIpc) is 2.88. The number of anilines is 1. The van der Waals surface area contributed by atoms with Gasteiger partial charge >= 0.3 is 0 Å². The molecule has 0 fully saturated rings. The van der Waals surface area contributed by atoms with Crippen molar-refractivity contribution in [1.29, 1.82) is 5.26 Å². The number of rotatable bonds is 8. The van der Waals surface area contributed by atoms with Crippen LogP contribution in [0.25, 0.3) is 16.6 Å². The van der Waals surface area contributed by atoms with Crippen molar-refractivity contribution < 1.29 is 9.18 Å².